The number of phenols is 1. The molecule has 0 saturated carbocycles. The Morgan fingerprint density at radius 1 is 1.16 bits per heavy atom. The minimum absolute atomic E-state index is 0.0726. The number of hydrogen-bond acceptors (Lipinski definition) is 8. The van der Waals surface area contributed by atoms with Crippen molar-refractivity contribution in [2.45, 2.75) is 39.8 Å². The van der Waals surface area contributed by atoms with Crippen molar-refractivity contribution >= 4 is 22.5 Å². The minimum Gasteiger partial charge on any atom is -0.508 e. The molecular weight excluding hydrogens is 468 g/mol. The van der Waals surface area contributed by atoms with Crippen LogP contribution in [0.5, 0.6) is 5.75 Å². The number of pyridine rings is 2. The summed E-state index contributed by atoms with van der Waals surface area (Å²) in [7, 11) is 3.83. The summed E-state index contributed by atoms with van der Waals surface area (Å²) in [6.45, 7) is 8.24. The van der Waals surface area contributed by atoms with E-state index in [1.54, 1.807) is 36.2 Å². The van der Waals surface area contributed by atoms with Gasteiger partial charge in [0.15, 0.2) is 5.76 Å². The highest BCUT2D eigenvalue weighted by Crippen LogP contribution is 2.29. The molecule has 0 bridgehead atoms. The third-order valence-corrected chi connectivity index (χ3v) is 6.97. The van der Waals surface area contributed by atoms with Gasteiger partial charge in [0.25, 0.3) is 5.91 Å². The number of amides is 1. The third-order valence-electron chi connectivity index (χ3n) is 6.97. The van der Waals surface area contributed by atoms with Crippen molar-refractivity contribution in [3.63, 3.8) is 0 Å². The van der Waals surface area contributed by atoms with Crippen LogP contribution in [-0.4, -0.2) is 69.2 Å². The number of fused-ring (bicyclic) bond motifs is 1. The molecule has 5 rings (SSSR count). The number of nitrogens with zero attached hydrogens (tertiary/aromatic N) is 5. The Morgan fingerprint density at radius 3 is 2.62 bits per heavy atom. The molecule has 1 aliphatic rings. The van der Waals surface area contributed by atoms with Crippen molar-refractivity contribution in [1.29, 1.82) is 0 Å². The first-order valence-electron chi connectivity index (χ1n) is 12.5. The molecule has 4 heterocycles. The van der Waals surface area contributed by atoms with E-state index in [0.717, 1.165) is 42.1 Å². The molecule has 192 valence electrons. The number of anilines is 1. The number of aryl methyl sites for hydroxylation is 2. The number of rotatable bonds is 7. The third kappa shape index (κ3) is 4.86. The van der Waals surface area contributed by atoms with Crippen molar-refractivity contribution in [1.82, 2.24) is 24.9 Å². The summed E-state index contributed by atoms with van der Waals surface area (Å²) < 4.78 is 5.50. The van der Waals surface area contributed by atoms with Crippen LogP contribution < -0.4 is 5.32 Å². The second-order valence-electron chi connectivity index (χ2n) is 9.84. The Morgan fingerprint density at radius 2 is 1.95 bits per heavy atom. The number of carbonyl (C=O) groups excluding carboxylic acids is 1. The van der Waals surface area contributed by atoms with E-state index in [9.17, 15) is 9.90 Å². The van der Waals surface area contributed by atoms with Crippen molar-refractivity contribution < 1.29 is 14.4 Å². The standard InChI is InChI=1S/C28H32N6O3/c1-6-22-16(2)27(37-32-22)15-34(5)28(36)21-12-26(31-24-8-7-19(35)11-20(21)24)25-10-9-23(17(3)29-25)30-18-13-33(4)14-18/h7-12,18,30,35H,6,13-15H2,1-5H3. The molecule has 0 atom stereocenters. The van der Waals surface area contributed by atoms with E-state index in [-0.39, 0.29) is 18.2 Å². The van der Waals surface area contributed by atoms with Gasteiger partial charge < -0.3 is 24.7 Å². The van der Waals surface area contributed by atoms with Gasteiger partial charge in [0, 0.05) is 31.1 Å². The zero-order valence-electron chi connectivity index (χ0n) is 21.9. The molecule has 9 nitrogen and oxygen atoms in total. The summed E-state index contributed by atoms with van der Waals surface area (Å²) in [5.74, 6) is 0.521. The maximum absolute atomic E-state index is 13.7. The maximum atomic E-state index is 13.7. The number of nitrogens with one attached hydrogen (secondary N) is 1. The molecular formula is C28H32N6O3. The lowest BCUT2D eigenvalue weighted by atomic mass is 10.0. The second-order valence-corrected chi connectivity index (χ2v) is 9.84. The molecule has 1 saturated heterocycles. The fourth-order valence-corrected chi connectivity index (χ4v) is 4.77. The van der Waals surface area contributed by atoms with Gasteiger partial charge in [-0.15, -0.1) is 0 Å². The summed E-state index contributed by atoms with van der Waals surface area (Å²) in [5, 5.41) is 18.4. The number of aromatic nitrogens is 3. The van der Waals surface area contributed by atoms with Gasteiger partial charge in [0.05, 0.1) is 52.1 Å². The molecule has 1 aliphatic heterocycles. The van der Waals surface area contributed by atoms with Gasteiger partial charge in [-0.3, -0.25) is 4.79 Å². The van der Waals surface area contributed by atoms with Crippen molar-refractivity contribution in [2.75, 3.05) is 32.5 Å². The molecule has 1 fully saturated rings. The van der Waals surface area contributed by atoms with E-state index in [0.29, 0.717) is 39.7 Å². The van der Waals surface area contributed by atoms with Crippen LogP contribution in [0.2, 0.25) is 0 Å². The number of benzene rings is 1. The molecule has 1 amide bonds. The van der Waals surface area contributed by atoms with E-state index in [2.05, 4.69) is 22.4 Å². The molecule has 37 heavy (non-hydrogen) atoms. The average molecular weight is 501 g/mol. The van der Waals surface area contributed by atoms with Gasteiger partial charge in [-0.25, -0.2) is 9.97 Å². The van der Waals surface area contributed by atoms with Crippen LogP contribution >= 0.6 is 0 Å². The average Bonchev–Trinajstić information content (AvgIpc) is 3.21. The maximum Gasteiger partial charge on any atom is 0.254 e. The van der Waals surface area contributed by atoms with Crippen LogP contribution in [0.3, 0.4) is 0 Å². The Labute approximate surface area is 216 Å². The molecule has 4 aromatic rings. The van der Waals surface area contributed by atoms with Crippen molar-refractivity contribution in [3.8, 4) is 17.1 Å². The summed E-state index contributed by atoms with van der Waals surface area (Å²) >= 11 is 0. The lowest BCUT2D eigenvalue weighted by molar-refractivity contribution is 0.0774. The zero-order chi connectivity index (χ0) is 26.3. The number of phenolic OH excluding ortho intramolecular Hbond substituents is 1. The SMILES string of the molecule is CCc1noc(CN(C)C(=O)c2cc(-c3ccc(NC4CN(C)C4)c(C)n3)nc3ccc(O)cc23)c1C. The molecule has 0 radical (unpaired) electrons. The van der Waals surface area contributed by atoms with Gasteiger partial charge in [-0.05, 0) is 63.7 Å². The highest BCUT2D eigenvalue weighted by Gasteiger charge is 2.24. The first-order chi connectivity index (χ1) is 17.7. The number of aromatic hydroxyl groups is 1. The van der Waals surface area contributed by atoms with Gasteiger partial charge in [-0.2, -0.15) is 0 Å². The number of hydrogen-bond donors (Lipinski definition) is 2. The normalized spacial score (nSPS) is 14.1. The minimum atomic E-state index is -0.211. The highest BCUT2D eigenvalue weighted by atomic mass is 16.5. The highest BCUT2D eigenvalue weighted by molar-refractivity contribution is 6.07. The van der Waals surface area contributed by atoms with Crippen molar-refractivity contribution in [2.24, 2.45) is 0 Å². The van der Waals surface area contributed by atoms with Crippen LogP contribution in [0.15, 0.2) is 40.9 Å². The topological polar surface area (TPSA) is 108 Å². The Bertz CT molecular complexity index is 1470. The lowest BCUT2D eigenvalue weighted by Gasteiger charge is -2.37. The van der Waals surface area contributed by atoms with Crippen LogP contribution in [-0.2, 0) is 13.0 Å². The smallest absolute Gasteiger partial charge is 0.254 e. The molecule has 0 spiro atoms. The number of likely N-dealkylation sites (tertiary alicyclic amines) is 1. The fraction of sp³-hybridized carbons (Fsp3) is 0.357. The van der Waals surface area contributed by atoms with Crippen LogP contribution in [0, 0.1) is 13.8 Å². The Balaban J connectivity index is 1.48. The van der Waals surface area contributed by atoms with Gasteiger partial charge in [0.2, 0.25) is 0 Å². The monoisotopic (exact) mass is 500 g/mol. The van der Waals surface area contributed by atoms with E-state index in [4.69, 9.17) is 14.5 Å². The fourth-order valence-electron chi connectivity index (χ4n) is 4.77. The molecule has 0 aliphatic carbocycles. The second kappa shape index (κ2) is 9.82. The van der Waals surface area contributed by atoms with Gasteiger partial charge >= 0.3 is 0 Å². The molecule has 1 aromatic carbocycles. The Kier molecular flexibility index (Phi) is 6.55. The molecule has 0 unspecified atom stereocenters. The zero-order valence-corrected chi connectivity index (χ0v) is 21.9. The first-order valence-corrected chi connectivity index (χ1v) is 12.5. The summed E-state index contributed by atoms with van der Waals surface area (Å²) in [6.07, 6.45) is 0.767. The van der Waals surface area contributed by atoms with Crippen LogP contribution in [0.25, 0.3) is 22.3 Å². The largest absolute Gasteiger partial charge is 0.508 e. The predicted octanol–water partition coefficient (Wildman–Crippen LogP) is 4.17. The van der Waals surface area contributed by atoms with Crippen molar-refractivity contribution in [3.05, 3.63) is 64.7 Å². The van der Waals surface area contributed by atoms with E-state index in [1.165, 1.54) is 0 Å². The van der Waals surface area contributed by atoms with Gasteiger partial charge in [-0.1, -0.05) is 12.1 Å². The van der Waals surface area contributed by atoms with Crippen LogP contribution in [0.1, 0.15) is 40.0 Å². The van der Waals surface area contributed by atoms with E-state index in [1.807, 2.05) is 32.9 Å². The molecule has 3 aromatic heterocycles. The number of carbonyl (C=O) groups is 1. The first kappa shape index (κ1) is 24.7. The summed E-state index contributed by atoms with van der Waals surface area (Å²) in [4.78, 5) is 27.1. The van der Waals surface area contributed by atoms with Gasteiger partial charge in [0.1, 0.15) is 5.75 Å². The summed E-state index contributed by atoms with van der Waals surface area (Å²) in [6, 6.07) is 11.0. The van der Waals surface area contributed by atoms with Crippen LogP contribution in [0.4, 0.5) is 5.69 Å². The van der Waals surface area contributed by atoms with E-state index < -0.39 is 0 Å². The molecule has 9 heteroatoms. The summed E-state index contributed by atoms with van der Waals surface area (Å²) in [5.41, 5.74) is 6.04. The molecule has 2 N–H and O–H groups in total. The predicted molar refractivity (Wildman–Crippen MR) is 143 cm³/mol. The Hall–Kier alpha value is -3.98. The van der Waals surface area contributed by atoms with E-state index >= 15 is 0 Å². The lowest BCUT2D eigenvalue weighted by Crippen LogP contribution is -2.52. The quantitative estimate of drug-likeness (QED) is 0.389. The number of likely N-dealkylation sites (N-methyl/N-ethyl adjacent to an activating group) is 1.